The van der Waals surface area contributed by atoms with E-state index in [9.17, 15) is 4.79 Å². The highest BCUT2D eigenvalue weighted by Gasteiger charge is 2.12. The van der Waals surface area contributed by atoms with Gasteiger partial charge in [0.25, 0.3) is 5.56 Å². The first-order chi connectivity index (χ1) is 10.1. The van der Waals surface area contributed by atoms with Gasteiger partial charge in [0.2, 0.25) is 5.75 Å². The second-order valence-electron chi connectivity index (χ2n) is 4.78. The Kier molecular flexibility index (Phi) is 4.81. The molecule has 0 aliphatic carbocycles. The lowest BCUT2D eigenvalue weighted by Gasteiger charge is -2.16. The van der Waals surface area contributed by atoms with Crippen molar-refractivity contribution >= 4 is 5.82 Å². The smallest absolute Gasteiger partial charge is 0.295 e. The van der Waals surface area contributed by atoms with Crippen molar-refractivity contribution in [3.05, 3.63) is 46.5 Å². The van der Waals surface area contributed by atoms with Crippen molar-refractivity contribution in [2.24, 2.45) is 0 Å². The molecule has 1 aromatic carbocycles. The summed E-state index contributed by atoms with van der Waals surface area (Å²) in [6.07, 6.45) is 1.33. The molecular formula is C15H19N3O3. The molecule has 1 atom stereocenters. The van der Waals surface area contributed by atoms with Crippen molar-refractivity contribution in [2.45, 2.75) is 19.9 Å². The van der Waals surface area contributed by atoms with Crippen LogP contribution in [-0.2, 0) is 0 Å². The zero-order valence-electron chi connectivity index (χ0n) is 12.3. The van der Waals surface area contributed by atoms with Gasteiger partial charge >= 0.3 is 0 Å². The molecule has 1 heterocycles. The molecule has 0 aliphatic heterocycles. The molecule has 0 spiro atoms. The molecule has 2 rings (SSSR count). The number of ether oxygens (including phenoxy) is 2. The normalized spacial score (nSPS) is 11.8. The van der Waals surface area contributed by atoms with E-state index in [1.165, 1.54) is 19.0 Å². The van der Waals surface area contributed by atoms with E-state index >= 15 is 0 Å². The van der Waals surface area contributed by atoms with Crippen LogP contribution in [0.4, 0.5) is 5.82 Å². The lowest BCUT2D eigenvalue weighted by molar-refractivity contribution is 0.303. The van der Waals surface area contributed by atoms with Gasteiger partial charge in [0.15, 0.2) is 5.82 Å². The van der Waals surface area contributed by atoms with Crippen LogP contribution < -0.4 is 20.3 Å². The third-order valence-corrected chi connectivity index (χ3v) is 2.92. The summed E-state index contributed by atoms with van der Waals surface area (Å²) in [6.45, 7) is 4.41. The molecule has 0 bridgehead atoms. The first-order valence-electron chi connectivity index (χ1n) is 6.68. The average Bonchev–Trinajstić information content (AvgIpc) is 2.47. The molecule has 0 fully saturated rings. The molecule has 0 aliphatic rings. The molecule has 6 heteroatoms. The number of nitrogens with one attached hydrogen (secondary N) is 2. The Bertz CT molecular complexity index is 637. The van der Waals surface area contributed by atoms with Gasteiger partial charge in [-0.1, -0.05) is 17.7 Å². The Labute approximate surface area is 123 Å². The monoisotopic (exact) mass is 289 g/mol. The Balaban J connectivity index is 1.96. The van der Waals surface area contributed by atoms with E-state index in [0.29, 0.717) is 12.4 Å². The third-order valence-electron chi connectivity index (χ3n) is 2.92. The number of aromatic amines is 1. The van der Waals surface area contributed by atoms with Crippen molar-refractivity contribution in [1.82, 2.24) is 9.97 Å². The lowest BCUT2D eigenvalue weighted by Crippen LogP contribution is -2.26. The minimum Gasteiger partial charge on any atom is -0.491 e. The van der Waals surface area contributed by atoms with Gasteiger partial charge in [-0.2, -0.15) is 0 Å². The van der Waals surface area contributed by atoms with Crippen LogP contribution in [0.3, 0.4) is 0 Å². The molecule has 1 aromatic heterocycles. The minimum atomic E-state index is -0.318. The van der Waals surface area contributed by atoms with Crippen molar-refractivity contribution in [3.8, 4) is 11.5 Å². The van der Waals surface area contributed by atoms with Gasteiger partial charge in [-0.05, 0) is 26.0 Å². The molecule has 112 valence electrons. The van der Waals surface area contributed by atoms with Crippen LogP contribution in [-0.4, -0.2) is 29.7 Å². The Hall–Kier alpha value is -2.50. The van der Waals surface area contributed by atoms with E-state index in [0.717, 1.165) is 5.75 Å². The number of nitrogens with zero attached hydrogens (tertiary/aromatic N) is 1. The predicted molar refractivity (Wildman–Crippen MR) is 81.2 cm³/mol. The van der Waals surface area contributed by atoms with Gasteiger partial charge in [0, 0.05) is 0 Å². The van der Waals surface area contributed by atoms with E-state index in [1.54, 1.807) is 0 Å². The van der Waals surface area contributed by atoms with Crippen LogP contribution in [0.1, 0.15) is 12.5 Å². The molecular weight excluding hydrogens is 270 g/mol. The topological polar surface area (TPSA) is 76.2 Å². The van der Waals surface area contributed by atoms with Crippen LogP contribution in [0.5, 0.6) is 11.5 Å². The van der Waals surface area contributed by atoms with Crippen LogP contribution in [0.2, 0.25) is 0 Å². The fourth-order valence-corrected chi connectivity index (χ4v) is 1.81. The molecule has 0 saturated heterocycles. The SMILES string of the molecule is COc1c(NC(C)COc2ccc(C)cc2)nc[nH]c1=O. The summed E-state index contributed by atoms with van der Waals surface area (Å²) in [7, 11) is 1.44. The molecule has 6 nitrogen and oxygen atoms in total. The number of benzene rings is 1. The number of rotatable bonds is 6. The van der Waals surface area contributed by atoms with Gasteiger partial charge in [-0.15, -0.1) is 0 Å². The molecule has 2 aromatic rings. The number of H-pyrrole nitrogens is 1. The zero-order valence-corrected chi connectivity index (χ0v) is 12.3. The van der Waals surface area contributed by atoms with E-state index in [4.69, 9.17) is 9.47 Å². The number of hydrogen-bond donors (Lipinski definition) is 2. The third kappa shape index (κ3) is 3.98. The molecule has 0 saturated carbocycles. The van der Waals surface area contributed by atoms with Gasteiger partial charge in [-0.25, -0.2) is 4.98 Å². The summed E-state index contributed by atoms with van der Waals surface area (Å²) in [5.41, 5.74) is 0.868. The second kappa shape index (κ2) is 6.78. The maximum absolute atomic E-state index is 11.6. The van der Waals surface area contributed by atoms with E-state index in [-0.39, 0.29) is 17.4 Å². The summed E-state index contributed by atoms with van der Waals surface area (Å²) in [5.74, 6) is 1.38. The average molecular weight is 289 g/mol. The summed E-state index contributed by atoms with van der Waals surface area (Å²) in [5, 5.41) is 3.10. The number of anilines is 1. The van der Waals surface area contributed by atoms with Gasteiger partial charge < -0.3 is 19.8 Å². The van der Waals surface area contributed by atoms with Gasteiger partial charge in [0.1, 0.15) is 12.4 Å². The van der Waals surface area contributed by atoms with E-state index < -0.39 is 0 Å². The molecule has 21 heavy (non-hydrogen) atoms. The van der Waals surface area contributed by atoms with Gasteiger partial charge in [0.05, 0.1) is 19.5 Å². The van der Waals surface area contributed by atoms with Crippen molar-refractivity contribution in [3.63, 3.8) is 0 Å². The van der Waals surface area contributed by atoms with Crippen LogP contribution >= 0.6 is 0 Å². The minimum absolute atomic E-state index is 0.0329. The summed E-state index contributed by atoms with van der Waals surface area (Å²) in [4.78, 5) is 18.1. The Morgan fingerprint density at radius 2 is 2.05 bits per heavy atom. The number of aryl methyl sites for hydroxylation is 1. The van der Waals surface area contributed by atoms with Crippen molar-refractivity contribution in [2.75, 3.05) is 19.0 Å². The Morgan fingerprint density at radius 3 is 2.71 bits per heavy atom. The first-order valence-corrected chi connectivity index (χ1v) is 6.68. The molecule has 1 unspecified atom stereocenters. The zero-order chi connectivity index (χ0) is 15.2. The predicted octanol–water partition coefficient (Wildman–Crippen LogP) is 1.97. The standard InChI is InChI=1S/C15H19N3O3/c1-10-4-6-12(7-5-10)21-8-11(2)18-14-13(20-3)15(19)17-9-16-14/h4-7,9,11H,8H2,1-3H3,(H2,16,17,18,19). The highest BCUT2D eigenvalue weighted by atomic mass is 16.5. The summed E-state index contributed by atoms with van der Waals surface area (Å²) < 4.78 is 10.7. The number of aromatic nitrogens is 2. The summed E-state index contributed by atoms with van der Waals surface area (Å²) in [6, 6.07) is 7.81. The first kappa shape index (κ1) is 14.9. The summed E-state index contributed by atoms with van der Waals surface area (Å²) >= 11 is 0. The quantitative estimate of drug-likeness (QED) is 0.850. The largest absolute Gasteiger partial charge is 0.491 e. The van der Waals surface area contributed by atoms with Crippen molar-refractivity contribution < 1.29 is 9.47 Å². The number of hydrogen-bond acceptors (Lipinski definition) is 5. The second-order valence-corrected chi connectivity index (χ2v) is 4.78. The molecule has 2 N–H and O–H groups in total. The number of methoxy groups -OCH3 is 1. The van der Waals surface area contributed by atoms with Gasteiger partial charge in [-0.3, -0.25) is 4.79 Å². The lowest BCUT2D eigenvalue weighted by atomic mass is 10.2. The van der Waals surface area contributed by atoms with Crippen molar-refractivity contribution in [1.29, 1.82) is 0 Å². The highest BCUT2D eigenvalue weighted by molar-refractivity contribution is 5.48. The fraction of sp³-hybridized carbons (Fsp3) is 0.333. The van der Waals surface area contributed by atoms with Crippen LogP contribution in [0.25, 0.3) is 0 Å². The molecule has 0 amide bonds. The van der Waals surface area contributed by atoms with E-state index in [1.807, 2.05) is 38.1 Å². The van der Waals surface area contributed by atoms with E-state index in [2.05, 4.69) is 15.3 Å². The highest BCUT2D eigenvalue weighted by Crippen LogP contribution is 2.16. The van der Waals surface area contributed by atoms with Crippen LogP contribution in [0.15, 0.2) is 35.4 Å². The van der Waals surface area contributed by atoms with Crippen LogP contribution in [0, 0.1) is 6.92 Å². The molecule has 0 radical (unpaired) electrons. The maximum Gasteiger partial charge on any atom is 0.295 e. The fourth-order valence-electron chi connectivity index (χ4n) is 1.81. The Morgan fingerprint density at radius 1 is 1.33 bits per heavy atom. The maximum atomic E-state index is 11.6.